The van der Waals surface area contributed by atoms with E-state index in [9.17, 15) is 0 Å². The van der Waals surface area contributed by atoms with Gasteiger partial charge in [-0.25, -0.2) is 0 Å². The van der Waals surface area contributed by atoms with Crippen LogP contribution in [0.2, 0.25) is 0 Å². The van der Waals surface area contributed by atoms with E-state index in [0.29, 0.717) is 0 Å². The highest BCUT2D eigenvalue weighted by molar-refractivity contribution is 9.10. The van der Waals surface area contributed by atoms with E-state index < -0.39 is 0 Å². The summed E-state index contributed by atoms with van der Waals surface area (Å²) in [4.78, 5) is 2.40. The van der Waals surface area contributed by atoms with Crippen molar-refractivity contribution in [2.45, 2.75) is 13.5 Å². The molecule has 0 radical (unpaired) electrons. The van der Waals surface area contributed by atoms with Crippen molar-refractivity contribution in [1.29, 1.82) is 0 Å². The van der Waals surface area contributed by atoms with Crippen LogP contribution in [0.5, 0.6) is 0 Å². The first-order valence-electron chi connectivity index (χ1n) is 6.42. The third-order valence-corrected chi connectivity index (χ3v) is 4.58. The molecule has 0 atom stereocenters. The fourth-order valence-electron chi connectivity index (χ4n) is 2.54. The third kappa shape index (κ3) is 2.23. The van der Waals surface area contributed by atoms with Gasteiger partial charge < -0.3 is 10.2 Å². The minimum atomic E-state index is 0.872. The largest absolute Gasteiger partial charge is 0.382 e. The van der Waals surface area contributed by atoms with Gasteiger partial charge in [-0.3, -0.25) is 4.68 Å². The Morgan fingerprint density at radius 3 is 2.89 bits per heavy atom. The van der Waals surface area contributed by atoms with Crippen LogP contribution < -0.4 is 10.2 Å². The molecule has 19 heavy (non-hydrogen) atoms. The third-order valence-electron chi connectivity index (χ3n) is 3.54. The maximum atomic E-state index is 4.46. The van der Waals surface area contributed by atoms with Crippen LogP contribution in [-0.4, -0.2) is 22.9 Å². The molecule has 0 spiro atoms. The predicted molar refractivity (Wildman–Crippen MR) is 81.6 cm³/mol. The van der Waals surface area contributed by atoms with Crippen molar-refractivity contribution in [3.8, 4) is 0 Å². The smallest absolute Gasteiger partial charge is 0.0739 e. The second-order valence-corrected chi connectivity index (χ2v) is 5.63. The zero-order chi connectivity index (χ0) is 13.4. The fourth-order valence-corrected chi connectivity index (χ4v) is 3.00. The second-order valence-electron chi connectivity index (χ2n) is 4.84. The van der Waals surface area contributed by atoms with Crippen molar-refractivity contribution in [3.05, 3.63) is 40.1 Å². The minimum absolute atomic E-state index is 0.872. The van der Waals surface area contributed by atoms with Crippen LogP contribution in [0, 0.1) is 6.92 Å². The van der Waals surface area contributed by atoms with Gasteiger partial charge in [0.2, 0.25) is 0 Å². The number of aryl methyl sites for hydroxylation is 2. The normalized spacial score (nSPS) is 14.2. The maximum Gasteiger partial charge on any atom is 0.0739 e. The average molecular weight is 321 g/mol. The Labute approximate surface area is 121 Å². The lowest BCUT2D eigenvalue weighted by atomic mass is 10.2. The number of hydrogen-bond donors (Lipinski definition) is 1. The van der Waals surface area contributed by atoms with Gasteiger partial charge in [0.05, 0.1) is 33.8 Å². The highest BCUT2D eigenvalue weighted by atomic mass is 79.9. The zero-order valence-electron chi connectivity index (χ0n) is 11.2. The molecule has 0 saturated heterocycles. The lowest BCUT2D eigenvalue weighted by Gasteiger charge is -2.32. The Bertz CT molecular complexity index is 605. The van der Waals surface area contributed by atoms with Gasteiger partial charge in [0.15, 0.2) is 0 Å². The lowest BCUT2D eigenvalue weighted by molar-refractivity contribution is 0.673. The van der Waals surface area contributed by atoms with E-state index in [1.807, 2.05) is 18.7 Å². The summed E-state index contributed by atoms with van der Waals surface area (Å²) in [6.07, 6.45) is 0. The van der Waals surface area contributed by atoms with E-state index in [4.69, 9.17) is 0 Å². The van der Waals surface area contributed by atoms with Crippen LogP contribution in [0.1, 0.15) is 11.4 Å². The minimum Gasteiger partial charge on any atom is -0.382 e. The number of aromatic nitrogens is 2. The maximum absolute atomic E-state index is 4.46. The zero-order valence-corrected chi connectivity index (χ0v) is 12.7. The summed E-state index contributed by atoms with van der Waals surface area (Å²) in [6, 6.07) is 8.45. The average Bonchev–Trinajstić information content (AvgIpc) is 2.66. The highest BCUT2D eigenvalue weighted by Crippen LogP contribution is 2.31. The molecule has 0 amide bonds. The summed E-state index contributed by atoms with van der Waals surface area (Å²) in [7, 11) is 2.00. The van der Waals surface area contributed by atoms with Crippen LogP contribution in [0.3, 0.4) is 0 Å². The van der Waals surface area contributed by atoms with E-state index in [0.717, 1.165) is 29.8 Å². The number of benzene rings is 1. The summed E-state index contributed by atoms with van der Waals surface area (Å²) in [5, 5.41) is 7.90. The molecule has 5 heteroatoms. The molecule has 2 aromatic rings. The number of nitrogens with one attached hydrogen (secondary N) is 1. The van der Waals surface area contributed by atoms with Crippen molar-refractivity contribution in [2.75, 3.05) is 23.3 Å². The van der Waals surface area contributed by atoms with Crippen molar-refractivity contribution in [1.82, 2.24) is 9.78 Å². The predicted octanol–water partition coefficient (Wildman–Crippen LogP) is 2.92. The van der Waals surface area contributed by atoms with E-state index in [2.05, 4.69) is 55.5 Å². The molecule has 1 aliphatic rings. The summed E-state index contributed by atoms with van der Waals surface area (Å²) in [5.74, 6) is 0. The number of hydrogen-bond acceptors (Lipinski definition) is 3. The van der Waals surface area contributed by atoms with Crippen LogP contribution >= 0.6 is 15.9 Å². The van der Waals surface area contributed by atoms with E-state index in [1.165, 1.54) is 17.1 Å². The Balaban J connectivity index is 1.93. The molecule has 0 unspecified atom stereocenters. The summed E-state index contributed by atoms with van der Waals surface area (Å²) in [5.41, 5.74) is 4.73. The Morgan fingerprint density at radius 1 is 1.37 bits per heavy atom. The number of para-hydroxylation sites is 2. The number of halogens is 1. The van der Waals surface area contributed by atoms with Crippen molar-refractivity contribution in [3.63, 3.8) is 0 Å². The van der Waals surface area contributed by atoms with E-state index in [1.54, 1.807) is 0 Å². The van der Waals surface area contributed by atoms with E-state index in [-0.39, 0.29) is 0 Å². The molecule has 3 rings (SSSR count). The van der Waals surface area contributed by atoms with Gasteiger partial charge >= 0.3 is 0 Å². The summed E-state index contributed by atoms with van der Waals surface area (Å²) in [6.45, 7) is 4.88. The van der Waals surface area contributed by atoms with Gasteiger partial charge in [0, 0.05) is 20.1 Å². The Hall–Kier alpha value is -1.49. The number of fused-ring (bicyclic) bond motifs is 1. The van der Waals surface area contributed by atoms with Gasteiger partial charge in [-0.1, -0.05) is 12.1 Å². The molecule has 1 aliphatic heterocycles. The Kier molecular flexibility index (Phi) is 3.22. The van der Waals surface area contributed by atoms with Crippen molar-refractivity contribution >= 4 is 27.3 Å². The monoisotopic (exact) mass is 320 g/mol. The Morgan fingerprint density at radius 2 is 2.16 bits per heavy atom. The highest BCUT2D eigenvalue weighted by Gasteiger charge is 2.19. The van der Waals surface area contributed by atoms with Gasteiger partial charge in [-0.2, -0.15) is 5.10 Å². The van der Waals surface area contributed by atoms with Gasteiger partial charge in [0.1, 0.15) is 0 Å². The van der Waals surface area contributed by atoms with Crippen LogP contribution in [0.4, 0.5) is 11.4 Å². The molecule has 0 fully saturated rings. The first-order chi connectivity index (χ1) is 9.16. The first-order valence-corrected chi connectivity index (χ1v) is 7.22. The number of nitrogens with zero attached hydrogens (tertiary/aromatic N) is 3. The fraction of sp³-hybridized carbons (Fsp3) is 0.357. The standard InChI is InChI=1S/C14H17BrN4/c1-10-14(15)13(18(2)17-10)9-19-8-7-16-11-5-3-4-6-12(11)19/h3-6,16H,7-9H2,1-2H3. The number of rotatable bonds is 2. The summed E-state index contributed by atoms with van der Waals surface area (Å²) >= 11 is 3.64. The van der Waals surface area contributed by atoms with Crippen molar-refractivity contribution < 1.29 is 0 Å². The second kappa shape index (κ2) is 4.89. The molecule has 1 N–H and O–H groups in total. The molecule has 4 nitrogen and oxygen atoms in total. The molecule has 0 saturated carbocycles. The molecule has 2 heterocycles. The van der Waals surface area contributed by atoms with Gasteiger partial charge in [-0.15, -0.1) is 0 Å². The first kappa shape index (κ1) is 12.5. The molecule has 0 bridgehead atoms. The molecule has 0 aliphatic carbocycles. The van der Waals surface area contributed by atoms with Crippen LogP contribution in [0.25, 0.3) is 0 Å². The van der Waals surface area contributed by atoms with Gasteiger partial charge in [0.25, 0.3) is 0 Å². The topological polar surface area (TPSA) is 33.1 Å². The van der Waals surface area contributed by atoms with Crippen LogP contribution in [0.15, 0.2) is 28.7 Å². The molecule has 1 aromatic heterocycles. The summed E-state index contributed by atoms with van der Waals surface area (Å²) < 4.78 is 3.08. The molecular formula is C14H17BrN4. The quantitative estimate of drug-likeness (QED) is 0.923. The van der Waals surface area contributed by atoms with Crippen LogP contribution in [-0.2, 0) is 13.6 Å². The number of anilines is 2. The SMILES string of the molecule is Cc1nn(C)c(CN2CCNc3ccccc32)c1Br. The van der Waals surface area contributed by atoms with Gasteiger partial charge in [-0.05, 0) is 35.0 Å². The molecule has 1 aromatic carbocycles. The molecule has 100 valence electrons. The van der Waals surface area contributed by atoms with Crippen molar-refractivity contribution in [2.24, 2.45) is 7.05 Å². The van der Waals surface area contributed by atoms with E-state index >= 15 is 0 Å². The molecular weight excluding hydrogens is 304 g/mol. The lowest BCUT2D eigenvalue weighted by Crippen LogP contribution is -2.34.